The molecule has 2 aromatic carbocycles. The van der Waals surface area contributed by atoms with Crippen LogP contribution in [0.5, 0.6) is 0 Å². The number of halogens is 4. The van der Waals surface area contributed by atoms with Gasteiger partial charge in [0.1, 0.15) is 12.4 Å². The van der Waals surface area contributed by atoms with Crippen molar-refractivity contribution in [1.82, 2.24) is 5.32 Å². The first-order chi connectivity index (χ1) is 11.3. The number of hydrogen-bond donors (Lipinski definition) is 2. The lowest BCUT2D eigenvalue weighted by Crippen LogP contribution is -2.33. The van der Waals surface area contributed by atoms with E-state index in [1.807, 2.05) is 0 Å². The third-order valence-electron chi connectivity index (χ3n) is 2.97. The number of hydrogen-bond acceptors (Lipinski definition) is 2. The Hall–Kier alpha value is -2.90. The topological polar surface area (TPSA) is 58.2 Å². The molecule has 0 unspecified atom stereocenters. The molecule has 0 spiro atoms. The minimum Gasteiger partial charge on any atom is -0.343 e. The van der Waals surface area contributed by atoms with Gasteiger partial charge in [-0.3, -0.25) is 9.59 Å². The van der Waals surface area contributed by atoms with Crippen molar-refractivity contribution in [3.63, 3.8) is 0 Å². The van der Waals surface area contributed by atoms with Gasteiger partial charge in [0, 0.05) is 11.3 Å². The maximum absolute atomic E-state index is 13.5. The lowest BCUT2D eigenvalue weighted by Gasteiger charge is -2.09. The van der Waals surface area contributed by atoms with E-state index in [1.165, 1.54) is 42.5 Å². The van der Waals surface area contributed by atoms with E-state index in [1.54, 1.807) is 5.32 Å². The maximum Gasteiger partial charge on any atom is 0.405 e. The van der Waals surface area contributed by atoms with E-state index >= 15 is 0 Å². The summed E-state index contributed by atoms with van der Waals surface area (Å²) in [6, 6.07) is 10.6. The van der Waals surface area contributed by atoms with Crippen LogP contribution in [0.25, 0.3) is 0 Å². The zero-order valence-electron chi connectivity index (χ0n) is 12.2. The Morgan fingerprint density at radius 3 is 2.12 bits per heavy atom. The van der Waals surface area contributed by atoms with E-state index in [9.17, 15) is 27.2 Å². The van der Waals surface area contributed by atoms with Crippen LogP contribution in [0.2, 0.25) is 0 Å². The summed E-state index contributed by atoms with van der Waals surface area (Å²) in [6.45, 7) is -1.43. The molecule has 2 rings (SSSR count). The fourth-order valence-corrected chi connectivity index (χ4v) is 1.83. The van der Waals surface area contributed by atoms with Crippen molar-refractivity contribution in [2.24, 2.45) is 0 Å². The van der Waals surface area contributed by atoms with Crippen molar-refractivity contribution in [2.45, 2.75) is 6.18 Å². The van der Waals surface area contributed by atoms with Gasteiger partial charge in [-0.2, -0.15) is 13.2 Å². The number of carbonyl (C=O) groups is 2. The molecule has 2 amide bonds. The SMILES string of the molecule is O=C(NCC(F)(F)F)c1ccc(NC(=O)c2ccccc2F)cc1. The van der Waals surface area contributed by atoms with Crippen LogP contribution in [0.4, 0.5) is 23.2 Å². The third kappa shape index (κ3) is 4.80. The molecule has 24 heavy (non-hydrogen) atoms. The highest BCUT2D eigenvalue weighted by Gasteiger charge is 2.27. The summed E-state index contributed by atoms with van der Waals surface area (Å²) in [5.41, 5.74) is 0.128. The first-order valence-corrected chi connectivity index (χ1v) is 6.77. The number of carbonyl (C=O) groups excluding carboxylic acids is 2. The van der Waals surface area contributed by atoms with Crippen LogP contribution >= 0.6 is 0 Å². The zero-order valence-corrected chi connectivity index (χ0v) is 12.2. The van der Waals surface area contributed by atoms with Crippen molar-refractivity contribution in [1.29, 1.82) is 0 Å². The summed E-state index contributed by atoms with van der Waals surface area (Å²) in [5, 5.41) is 4.16. The first kappa shape index (κ1) is 17.5. The fraction of sp³-hybridized carbons (Fsp3) is 0.125. The van der Waals surface area contributed by atoms with Crippen LogP contribution in [0.1, 0.15) is 20.7 Å². The molecule has 0 saturated heterocycles. The van der Waals surface area contributed by atoms with Gasteiger partial charge in [0.25, 0.3) is 11.8 Å². The molecular formula is C16H12F4N2O2. The van der Waals surface area contributed by atoms with Crippen LogP contribution in [-0.2, 0) is 0 Å². The predicted octanol–water partition coefficient (Wildman–Crippen LogP) is 3.37. The molecule has 2 aromatic rings. The molecule has 0 heterocycles. The lowest BCUT2D eigenvalue weighted by molar-refractivity contribution is -0.123. The van der Waals surface area contributed by atoms with Gasteiger partial charge in [0.15, 0.2) is 0 Å². The normalized spacial score (nSPS) is 11.0. The van der Waals surface area contributed by atoms with Crippen molar-refractivity contribution >= 4 is 17.5 Å². The van der Waals surface area contributed by atoms with Crippen molar-refractivity contribution in [3.8, 4) is 0 Å². The van der Waals surface area contributed by atoms with E-state index in [4.69, 9.17) is 0 Å². The van der Waals surface area contributed by atoms with Crippen molar-refractivity contribution in [2.75, 3.05) is 11.9 Å². The number of amides is 2. The van der Waals surface area contributed by atoms with Crippen LogP contribution in [0.3, 0.4) is 0 Å². The highest BCUT2D eigenvalue weighted by molar-refractivity contribution is 6.04. The van der Waals surface area contributed by atoms with Gasteiger partial charge in [-0.25, -0.2) is 4.39 Å². The summed E-state index contributed by atoms with van der Waals surface area (Å²) in [4.78, 5) is 23.5. The van der Waals surface area contributed by atoms with Gasteiger partial charge in [-0.1, -0.05) is 12.1 Å². The zero-order chi connectivity index (χ0) is 17.7. The Balaban J connectivity index is 2.01. The second kappa shape index (κ2) is 7.12. The average molecular weight is 340 g/mol. The molecule has 126 valence electrons. The van der Waals surface area contributed by atoms with E-state index in [0.29, 0.717) is 0 Å². The Bertz CT molecular complexity index is 742. The minimum atomic E-state index is -4.50. The molecule has 0 aliphatic carbocycles. The Morgan fingerprint density at radius 2 is 1.54 bits per heavy atom. The summed E-state index contributed by atoms with van der Waals surface area (Å²) in [5.74, 6) is -2.25. The van der Waals surface area contributed by atoms with E-state index in [0.717, 1.165) is 6.07 Å². The molecule has 4 nitrogen and oxygen atoms in total. The first-order valence-electron chi connectivity index (χ1n) is 6.77. The largest absolute Gasteiger partial charge is 0.405 e. The molecule has 8 heteroatoms. The molecule has 2 N–H and O–H groups in total. The molecule has 0 aliphatic heterocycles. The van der Waals surface area contributed by atoms with E-state index in [-0.39, 0.29) is 16.8 Å². The molecule has 0 aromatic heterocycles. The molecule has 0 atom stereocenters. The molecule has 0 fully saturated rings. The Morgan fingerprint density at radius 1 is 0.917 bits per heavy atom. The van der Waals surface area contributed by atoms with E-state index in [2.05, 4.69) is 5.32 Å². The maximum atomic E-state index is 13.5. The van der Waals surface area contributed by atoms with Crippen LogP contribution in [-0.4, -0.2) is 24.5 Å². The second-order valence-corrected chi connectivity index (χ2v) is 4.81. The van der Waals surface area contributed by atoms with Crippen LogP contribution in [0, 0.1) is 5.82 Å². The second-order valence-electron chi connectivity index (χ2n) is 4.81. The Kier molecular flexibility index (Phi) is 5.18. The van der Waals surface area contributed by atoms with Gasteiger partial charge in [-0.05, 0) is 36.4 Å². The van der Waals surface area contributed by atoms with Gasteiger partial charge in [0.2, 0.25) is 0 Å². The number of alkyl halides is 3. The molecule has 0 aliphatic rings. The summed E-state index contributed by atoms with van der Waals surface area (Å²) in [6.07, 6.45) is -4.50. The molecule has 0 saturated carbocycles. The van der Waals surface area contributed by atoms with Gasteiger partial charge in [-0.15, -0.1) is 0 Å². The standard InChI is InChI=1S/C16H12F4N2O2/c17-13-4-2-1-3-12(13)15(24)22-11-7-5-10(6-8-11)14(23)21-9-16(18,19)20/h1-8H,9H2,(H,21,23)(H,22,24). The third-order valence-corrected chi connectivity index (χ3v) is 2.97. The van der Waals surface area contributed by atoms with Gasteiger partial charge >= 0.3 is 6.18 Å². The monoisotopic (exact) mass is 340 g/mol. The highest BCUT2D eigenvalue weighted by Crippen LogP contribution is 2.15. The number of anilines is 1. The smallest absolute Gasteiger partial charge is 0.343 e. The summed E-state index contributed by atoms with van der Waals surface area (Å²) >= 11 is 0. The predicted molar refractivity (Wildman–Crippen MR) is 79.2 cm³/mol. The molecular weight excluding hydrogens is 328 g/mol. The minimum absolute atomic E-state index is 0.00291. The van der Waals surface area contributed by atoms with Crippen molar-refractivity contribution < 1.29 is 27.2 Å². The number of benzene rings is 2. The van der Waals surface area contributed by atoms with Gasteiger partial charge < -0.3 is 10.6 Å². The van der Waals surface area contributed by atoms with Crippen LogP contribution < -0.4 is 10.6 Å². The van der Waals surface area contributed by atoms with Gasteiger partial charge in [0.05, 0.1) is 5.56 Å². The Labute approximate surface area is 134 Å². The van der Waals surface area contributed by atoms with Crippen molar-refractivity contribution in [3.05, 3.63) is 65.5 Å². The summed E-state index contributed by atoms with van der Waals surface area (Å²) < 4.78 is 49.6. The quantitative estimate of drug-likeness (QED) is 0.839. The fourth-order valence-electron chi connectivity index (χ4n) is 1.83. The van der Waals surface area contributed by atoms with Crippen LogP contribution in [0.15, 0.2) is 48.5 Å². The highest BCUT2D eigenvalue weighted by atomic mass is 19.4. The van der Waals surface area contributed by atoms with E-state index < -0.39 is 30.4 Å². The molecule has 0 radical (unpaired) electrons. The molecule has 0 bridgehead atoms. The average Bonchev–Trinajstić information content (AvgIpc) is 2.53. The number of nitrogens with one attached hydrogen (secondary N) is 2. The summed E-state index contributed by atoms with van der Waals surface area (Å²) in [7, 11) is 0. The lowest BCUT2D eigenvalue weighted by atomic mass is 10.1. The number of rotatable bonds is 4.